The molecule has 3 heteroatoms. The summed E-state index contributed by atoms with van der Waals surface area (Å²) in [6, 6.07) is 0. The Balaban J connectivity index is 0.000000921. The van der Waals surface area contributed by atoms with Gasteiger partial charge >= 0.3 is 0 Å². The standard InChI is InChI=1S/C10H23N3.C2H6/c1-11(2)5-4-6-13-9-7-12(3)8-10-13;1-2/h4-10H2,1-3H3;1-2H3. The fraction of sp³-hybridized carbons (Fsp3) is 1.00. The van der Waals surface area contributed by atoms with E-state index in [-0.39, 0.29) is 0 Å². The average Bonchev–Trinajstić information content (AvgIpc) is 2.23. The molecule has 0 aromatic heterocycles. The van der Waals surface area contributed by atoms with Gasteiger partial charge < -0.3 is 14.7 Å². The highest BCUT2D eigenvalue weighted by Gasteiger charge is 2.12. The lowest BCUT2D eigenvalue weighted by atomic mass is 10.3. The molecule has 0 unspecified atom stereocenters. The van der Waals surface area contributed by atoms with Crippen molar-refractivity contribution in [2.24, 2.45) is 0 Å². The molecule has 0 N–H and O–H groups in total. The van der Waals surface area contributed by atoms with E-state index >= 15 is 0 Å². The van der Waals surface area contributed by atoms with Crippen LogP contribution in [0.15, 0.2) is 0 Å². The molecule has 0 spiro atoms. The van der Waals surface area contributed by atoms with Gasteiger partial charge in [0.1, 0.15) is 0 Å². The summed E-state index contributed by atoms with van der Waals surface area (Å²) >= 11 is 0. The van der Waals surface area contributed by atoms with Crippen molar-refractivity contribution < 1.29 is 0 Å². The second-order valence-electron chi connectivity index (χ2n) is 4.30. The predicted molar refractivity (Wildman–Crippen MR) is 68.5 cm³/mol. The van der Waals surface area contributed by atoms with Crippen molar-refractivity contribution in [1.82, 2.24) is 14.7 Å². The monoisotopic (exact) mass is 215 g/mol. The smallest absolute Gasteiger partial charge is 0.0110 e. The van der Waals surface area contributed by atoms with Crippen molar-refractivity contribution in [2.45, 2.75) is 20.3 Å². The zero-order chi connectivity index (χ0) is 11.7. The van der Waals surface area contributed by atoms with E-state index in [0.29, 0.717) is 0 Å². The van der Waals surface area contributed by atoms with Crippen LogP contribution >= 0.6 is 0 Å². The van der Waals surface area contributed by atoms with Crippen LogP contribution in [-0.4, -0.2) is 75.1 Å². The molecule has 0 aliphatic carbocycles. The van der Waals surface area contributed by atoms with Gasteiger partial charge in [0.15, 0.2) is 0 Å². The third-order valence-electron chi connectivity index (χ3n) is 2.68. The minimum Gasteiger partial charge on any atom is -0.309 e. The van der Waals surface area contributed by atoms with E-state index in [9.17, 15) is 0 Å². The van der Waals surface area contributed by atoms with Crippen LogP contribution in [0.5, 0.6) is 0 Å². The zero-order valence-corrected chi connectivity index (χ0v) is 11.3. The molecule has 0 aromatic carbocycles. The average molecular weight is 215 g/mol. The van der Waals surface area contributed by atoms with Crippen LogP contribution in [0.3, 0.4) is 0 Å². The first-order valence-electron chi connectivity index (χ1n) is 6.24. The van der Waals surface area contributed by atoms with Crippen LogP contribution in [0.4, 0.5) is 0 Å². The molecule has 15 heavy (non-hydrogen) atoms. The largest absolute Gasteiger partial charge is 0.309 e. The summed E-state index contributed by atoms with van der Waals surface area (Å²) in [5.74, 6) is 0. The lowest BCUT2D eigenvalue weighted by molar-refractivity contribution is 0.149. The summed E-state index contributed by atoms with van der Waals surface area (Å²) in [5.41, 5.74) is 0. The van der Waals surface area contributed by atoms with Crippen molar-refractivity contribution in [2.75, 3.05) is 60.4 Å². The Morgan fingerprint density at radius 1 is 1.00 bits per heavy atom. The molecule has 92 valence electrons. The second-order valence-corrected chi connectivity index (χ2v) is 4.30. The molecule has 0 radical (unpaired) electrons. The maximum absolute atomic E-state index is 2.57. The molecule has 1 rings (SSSR count). The third kappa shape index (κ3) is 7.77. The Hall–Kier alpha value is -0.120. The highest BCUT2D eigenvalue weighted by Crippen LogP contribution is 1.99. The van der Waals surface area contributed by atoms with E-state index in [1.807, 2.05) is 13.8 Å². The van der Waals surface area contributed by atoms with Gasteiger partial charge in [0.2, 0.25) is 0 Å². The summed E-state index contributed by atoms with van der Waals surface area (Å²) in [6.07, 6.45) is 1.30. The van der Waals surface area contributed by atoms with Gasteiger partial charge in [-0.15, -0.1) is 0 Å². The van der Waals surface area contributed by atoms with E-state index in [0.717, 1.165) is 0 Å². The first-order valence-corrected chi connectivity index (χ1v) is 6.24. The molecule has 0 amide bonds. The van der Waals surface area contributed by atoms with Crippen molar-refractivity contribution in [1.29, 1.82) is 0 Å². The summed E-state index contributed by atoms with van der Waals surface area (Å²) in [7, 11) is 6.49. The molecule has 0 aromatic rings. The number of nitrogens with zero attached hydrogens (tertiary/aromatic N) is 3. The number of hydrogen-bond donors (Lipinski definition) is 0. The van der Waals surface area contributed by atoms with Crippen molar-refractivity contribution >= 4 is 0 Å². The molecule has 0 atom stereocenters. The molecular weight excluding hydrogens is 186 g/mol. The molecule has 1 saturated heterocycles. The molecule has 1 aliphatic heterocycles. The maximum atomic E-state index is 2.57. The van der Waals surface area contributed by atoms with Gasteiger partial charge in [-0.2, -0.15) is 0 Å². The first-order chi connectivity index (χ1) is 7.18. The number of rotatable bonds is 4. The topological polar surface area (TPSA) is 9.72 Å². The predicted octanol–water partition coefficient (Wildman–Crippen LogP) is 1.21. The highest BCUT2D eigenvalue weighted by atomic mass is 15.2. The number of piperazine rings is 1. The summed E-state index contributed by atoms with van der Waals surface area (Å²) in [6.45, 7) is 11.5. The molecule has 3 nitrogen and oxygen atoms in total. The zero-order valence-electron chi connectivity index (χ0n) is 11.3. The molecule has 1 fully saturated rings. The van der Waals surface area contributed by atoms with Crippen molar-refractivity contribution in [3.05, 3.63) is 0 Å². The Morgan fingerprint density at radius 2 is 1.53 bits per heavy atom. The van der Waals surface area contributed by atoms with E-state index in [1.54, 1.807) is 0 Å². The van der Waals surface area contributed by atoms with E-state index in [1.165, 1.54) is 45.7 Å². The fourth-order valence-corrected chi connectivity index (χ4v) is 1.68. The Bertz CT molecular complexity index is 129. The Labute approximate surface area is 96.0 Å². The van der Waals surface area contributed by atoms with Gasteiger partial charge in [-0.25, -0.2) is 0 Å². The lowest BCUT2D eigenvalue weighted by Crippen LogP contribution is -2.45. The highest BCUT2D eigenvalue weighted by molar-refractivity contribution is 4.69. The Morgan fingerprint density at radius 3 is 2.00 bits per heavy atom. The van der Waals surface area contributed by atoms with Crippen LogP contribution in [0.1, 0.15) is 20.3 Å². The normalized spacial score (nSPS) is 18.8. The summed E-state index contributed by atoms with van der Waals surface area (Å²) in [4.78, 5) is 7.24. The van der Waals surface area contributed by atoms with Crippen LogP contribution in [-0.2, 0) is 0 Å². The molecule has 1 aliphatic rings. The molecule has 0 saturated carbocycles. The van der Waals surface area contributed by atoms with Gasteiger partial charge in [-0.05, 0) is 40.7 Å². The van der Waals surface area contributed by atoms with Crippen molar-refractivity contribution in [3.8, 4) is 0 Å². The quantitative estimate of drug-likeness (QED) is 0.698. The third-order valence-corrected chi connectivity index (χ3v) is 2.68. The molecular formula is C12H29N3. The minimum atomic E-state index is 1.21. The first kappa shape index (κ1) is 14.9. The SMILES string of the molecule is CC.CN(C)CCCN1CCN(C)CC1. The number of likely N-dealkylation sites (N-methyl/N-ethyl adjacent to an activating group) is 1. The van der Waals surface area contributed by atoms with E-state index in [2.05, 4.69) is 35.8 Å². The van der Waals surface area contributed by atoms with Gasteiger partial charge in [0, 0.05) is 26.2 Å². The van der Waals surface area contributed by atoms with Crippen molar-refractivity contribution in [3.63, 3.8) is 0 Å². The van der Waals surface area contributed by atoms with Gasteiger partial charge in [0.05, 0.1) is 0 Å². The van der Waals surface area contributed by atoms with Gasteiger partial charge in [0.25, 0.3) is 0 Å². The Kier molecular flexibility index (Phi) is 9.06. The lowest BCUT2D eigenvalue weighted by Gasteiger charge is -2.32. The van der Waals surface area contributed by atoms with Crippen LogP contribution in [0.2, 0.25) is 0 Å². The summed E-state index contributed by atoms with van der Waals surface area (Å²) in [5, 5.41) is 0. The second kappa shape index (κ2) is 9.13. The van der Waals surface area contributed by atoms with E-state index in [4.69, 9.17) is 0 Å². The van der Waals surface area contributed by atoms with Crippen LogP contribution < -0.4 is 0 Å². The van der Waals surface area contributed by atoms with E-state index < -0.39 is 0 Å². The summed E-state index contributed by atoms with van der Waals surface area (Å²) < 4.78 is 0. The molecule has 0 bridgehead atoms. The molecule has 1 heterocycles. The fourth-order valence-electron chi connectivity index (χ4n) is 1.68. The number of hydrogen-bond acceptors (Lipinski definition) is 3. The van der Waals surface area contributed by atoms with Crippen LogP contribution in [0.25, 0.3) is 0 Å². The van der Waals surface area contributed by atoms with Crippen LogP contribution in [0, 0.1) is 0 Å². The van der Waals surface area contributed by atoms with Gasteiger partial charge in [-0.1, -0.05) is 13.8 Å². The minimum absolute atomic E-state index is 1.21. The van der Waals surface area contributed by atoms with Gasteiger partial charge in [-0.3, -0.25) is 0 Å². The maximum Gasteiger partial charge on any atom is 0.0110 e.